The minimum absolute atomic E-state index is 0.0496. The number of amides is 1. The molecule has 4 rings (SSSR count). The molecule has 32 heavy (non-hydrogen) atoms. The lowest BCUT2D eigenvalue weighted by molar-refractivity contribution is -0.159. The van der Waals surface area contributed by atoms with E-state index in [9.17, 15) is 22.8 Å². The number of hydrogen-bond acceptors (Lipinski definition) is 6. The van der Waals surface area contributed by atoms with Gasteiger partial charge in [0, 0.05) is 43.0 Å². The monoisotopic (exact) mass is 482 g/mol. The van der Waals surface area contributed by atoms with E-state index in [2.05, 4.69) is 0 Å². The van der Waals surface area contributed by atoms with Gasteiger partial charge in [-0.25, -0.2) is 8.42 Å². The Morgan fingerprint density at radius 2 is 1.59 bits per heavy atom. The molecule has 1 aromatic carbocycles. The number of ketones is 1. The second-order valence-corrected chi connectivity index (χ2v) is 11.1. The van der Waals surface area contributed by atoms with E-state index in [-0.39, 0.29) is 67.1 Å². The number of ether oxygens (including phenoxy) is 1. The fourth-order valence-electron chi connectivity index (χ4n) is 4.95. The molecule has 174 valence electrons. The van der Waals surface area contributed by atoms with Gasteiger partial charge in [-0.15, -0.1) is 0 Å². The van der Waals surface area contributed by atoms with E-state index in [1.807, 2.05) is 0 Å². The maximum Gasteiger partial charge on any atom is 0.309 e. The van der Waals surface area contributed by atoms with E-state index in [1.54, 1.807) is 0 Å². The van der Waals surface area contributed by atoms with Crippen molar-refractivity contribution in [1.82, 2.24) is 9.21 Å². The van der Waals surface area contributed by atoms with Crippen LogP contribution in [-0.2, 0) is 29.1 Å². The van der Waals surface area contributed by atoms with Gasteiger partial charge in [0.15, 0.2) is 6.61 Å². The summed E-state index contributed by atoms with van der Waals surface area (Å²) >= 11 is 5.83. The Bertz CT molecular complexity index is 972. The van der Waals surface area contributed by atoms with E-state index >= 15 is 0 Å². The maximum atomic E-state index is 12.8. The molecule has 2 bridgehead atoms. The Labute approximate surface area is 192 Å². The lowest BCUT2D eigenvalue weighted by Gasteiger charge is -2.36. The summed E-state index contributed by atoms with van der Waals surface area (Å²) in [5.74, 6) is -0.890. The highest BCUT2D eigenvalue weighted by Gasteiger charge is 2.42. The Kier molecular flexibility index (Phi) is 6.88. The van der Waals surface area contributed by atoms with Crippen LogP contribution in [0.3, 0.4) is 0 Å². The van der Waals surface area contributed by atoms with Gasteiger partial charge in [0.05, 0.1) is 10.8 Å². The molecule has 8 nitrogen and oxygen atoms in total. The SMILES string of the molecule is O=C(OCC(=O)N1CCN(S(=O)(=O)c2ccc(Cl)cc2)CC1)C1CC2CCCC(C1)C2=O. The molecule has 1 heterocycles. The molecule has 3 fully saturated rings. The first-order valence-electron chi connectivity index (χ1n) is 11.0. The smallest absolute Gasteiger partial charge is 0.309 e. The number of carbonyl (C=O) groups excluding carboxylic acids is 3. The van der Waals surface area contributed by atoms with Gasteiger partial charge in [-0.1, -0.05) is 18.0 Å². The molecule has 3 aliphatic rings. The number of halogens is 1. The molecule has 2 aliphatic carbocycles. The minimum atomic E-state index is -3.66. The molecule has 10 heteroatoms. The molecule has 1 saturated heterocycles. The van der Waals surface area contributed by atoms with Crippen molar-refractivity contribution < 1.29 is 27.5 Å². The van der Waals surface area contributed by atoms with Crippen molar-refractivity contribution >= 4 is 39.3 Å². The number of fused-ring (bicyclic) bond motifs is 2. The predicted molar refractivity (Wildman–Crippen MR) is 116 cm³/mol. The maximum absolute atomic E-state index is 12.8. The summed E-state index contributed by atoms with van der Waals surface area (Å²) in [5.41, 5.74) is 0. The van der Waals surface area contributed by atoms with Crippen LogP contribution < -0.4 is 0 Å². The Morgan fingerprint density at radius 3 is 2.19 bits per heavy atom. The quantitative estimate of drug-likeness (QED) is 0.596. The summed E-state index contributed by atoms with van der Waals surface area (Å²) in [6, 6.07) is 5.97. The van der Waals surface area contributed by atoms with E-state index in [1.165, 1.54) is 33.5 Å². The molecule has 2 saturated carbocycles. The van der Waals surface area contributed by atoms with Crippen LogP contribution >= 0.6 is 11.6 Å². The first kappa shape index (κ1) is 23.2. The summed E-state index contributed by atoms with van der Waals surface area (Å²) in [6.45, 7) is 0.427. The third kappa shape index (κ3) is 4.84. The van der Waals surface area contributed by atoms with Crippen molar-refractivity contribution in [2.45, 2.75) is 37.0 Å². The second kappa shape index (κ2) is 9.49. The third-order valence-corrected chi connectivity index (χ3v) is 8.93. The third-order valence-electron chi connectivity index (χ3n) is 6.76. The summed E-state index contributed by atoms with van der Waals surface area (Å²) in [4.78, 5) is 38.9. The number of benzene rings is 1. The molecular formula is C22H27ClN2O6S. The molecule has 0 radical (unpaired) electrons. The van der Waals surface area contributed by atoms with Crippen LogP contribution in [-0.4, -0.2) is 68.1 Å². The Balaban J connectivity index is 1.25. The van der Waals surface area contributed by atoms with Crippen LogP contribution in [0.1, 0.15) is 32.1 Å². The highest BCUT2D eigenvalue weighted by Crippen LogP contribution is 2.40. The number of Topliss-reactive ketones (excluding diaryl/α,β-unsaturated/α-hetero) is 1. The minimum Gasteiger partial charge on any atom is -0.455 e. The zero-order valence-electron chi connectivity index (χ0n) is 17.7. The largest absolute Gasteiger partial charge is 0.455 e. The van der Waals surface area contributed by atoms with Crippen molar-refractivity contribution in [3.63, 3.8) is 0 Å². The topological polar surface area (TPSA) is 101 Å². The second-order valence-electron chi connectivity index (χ2n) is 8.74. The summed E-state index contributed by atoms with van der Waals surface area (Å²) in [7, 11) is -3.66. The first-order chi connectivity index (χ1) is 15.3. The zero-order valence-corrected chi connectivity index (χ0v) is 19.3. The summed E-state index contributed by atoms with van der Waals surface area (Å²) in [5, 5.41) is 0.456. The molecule has 1 amide bonds. The molecule has 1 aromatic rings. The van der Waals surface area contributed by atoms with Gasteiger partial charge in [-0.05, 0) is 49.9 Å². The van der Waals surface area contributed by atoms with Gasteiger partial charge in [-0.3, -0.25) is 14.4 Å². The lowest BCUT2D eigenvalue weighted by atomic mass is 9.67. The standard InChI is InChI=1S/C22H27ClN2O6S/c23-18-4-6-19(7-5-18)32(29,30)25-10-8-24(9-11-25)20(26)14-31-22(28)17-12-15-2-1-3-16(13-17)21(15)27/h4-7,15-17H,1-3,8-14H2. The molecule has 2 unspecified atom stereocenters. The molecule has 1 aliphatic heterocycles. The van der Waals surface area contributed by atoms with Crippen molar-refractivity contribution in [3.8, 4) is 0 Å². The van der Waals surface area contributed by atoms with Gasteiger partial charge >= 0.3 is 5.97 Å². The van der Waals surface area contributed by atoms with E-state index in [4.69, 9.17) is 16.3 Å². The molecule has 0 N–H and O–H groups in total. The van der Waals surface area contributed by atoms with E-state index in [0.29, 0.717) is 17.9 Å². The van der Waals surface area contributed by atoms with Crippen LogP contribution in [0.25, 0.3) is 0 Å². The van der Waals surface area contributed by atoms with Gasteiger partial charge in [0.25, 0.3) is 5.91 Å². The van der Waals surface area contributed by atoms with Gasteiger partial charge in [0.2, 0.25) is 10.0 Å². The lowest BCUT2D eigenvalue weighted by Crippen LogP contribution is -2.51. The predicted octanol–water partition coefficient (Wildman–Crippen LogP) is 2.11. The van der Waals surface area contributed by atoms with Crippen molar-refractivity contribution in [2.24, 2.45) is 17.8 Å². The fraction of sp³-hybridized carbons (Fsp3) is 0.591. The highest BCUT2D eigenvalue weighted by atomic mass is 35.5. The van der Waals surface area contributed by atoms with Crippen molar-refractivity contribution in [3.05, 3.63) is 29.3 Å². The molecule has 2 atom stereocenters. The summed E-state index contributed by atoms with van der Waals surface area (Å²) in [6.07, 6.45) is 3.73. The van der Waals surface area contributed by atoms with Gasteiger partial charge in [0.1, 0.15) is 5.78 Å². The number of piperazine rings is 1. The summed E-state index contributed by atoms with van der Waals surface area (Å²) < 4.78 is 32.1. The van der Waals surface area contributed by atoms with E-state index in [0.717, 1.165) is 19.3 Å². The zero-order chi connectivity index (χ0) is 22.9. The number of esters is 1. The number of carbonyl (C=O) groups is 3. The average molecular weight is 483 g/mol. The van der Waals surface area contributed by atoms with Crippen molar-refractivity contribution in [2.75, 3.05) is 32.8 Å². The van der Waals surface area contributed by atoms with Crippen LogP contribution in [0.15, 0.2) is 29.2 Å². The van der Waals surface area contributed by atoms with Crippen LogP contribution in [0.2, 0.25) is 5.02 Å². The number of rotatable bonds is 5. The number of sulfonamides is 1. The van der Waals surface area contributed by atoms with Gasteiger partial charge < -0.3 is 9.64 Å². The normalized spacial score (nSPS) is 26.6. The first-order valence-corrected chi connectivity index (χ1v) is 12.8. The number of nitrogens with zero attached hydrogens (tertiary/aromatic N) is 2. The fourth-order valence-corrected chi connectivity index (χ4v) is 6.50. The highest BCUT2D eigenvalue weighted by molar-refractivity contribution is 7.89. The molecule has 0 aromatic heterocycles. The Hall–Kier alpha value is -1.97. The van der Waals surface area contributed by atoms with Crippen molar-refractivity contribution in [1.29, 1.82) is 0 Å². The average Bonchev–Trinajstić information content (AvgIpc) is 2.77. The molecular weight excluding hydrogens is 456 g/mol. The number of hydrogen-bond donors (Lipinski definition) is 0. The molecule has 0 spiro atoms. The van der Waals surface area contributed by atoms with Gasteiger partial charge in [-0.2, -0.15) is 4.31 Å². The van der Waals surface area contributed by atoms with Crippen LogP contribution in [0.5, 0.6) is 0 Å². The van der Waals surface area contributed by atoms with E-state index < -0.39 is 16.0 Å². The van der Waals surface area contributed by atoms with Crippen LogP contribution in [0, 0.1) is 17.8 Å². The Morgan fingerprint density at radius 1 is 1.00 bits per heavy atom. The van der Waals surface area contributed by atoms with Crippen LogP contribution in [0.4, 0.5) is 0 Å².